The van der Waals surface area contributed by atoms with Crippen molar-refractivity contribution in [2.75, 3.05) is 19.8 Å². The van der Waals surface area contributed by atoms with E-state index in [1.807, 2.05) is 0 Å². The molecule has 2 rings (SSSR count). The van der Waals surface area contributed by atoms with E-state index in [1.54, 1.807) is 0 Å². The fourth-order valence-corrected chi connectivity index (χ4v) is 3.55. The van der Waals surface area contributed by atoms with Crippen LogP contribution in [-0.4, -0.2) is 39.5 Å². The van der Waals surface area contributed by atoms with Crippen molar-refractivity contribution in [2.45, 2.75) is 43.4 Å². The monoisotopic (exact) mass is 262 g/mol. The van der Waals surface area contributed by atoms with E-state index < -0.39 is 15.3 Å². The third-order valence-corrected chi connectivity index (χ3v) is 5.23. The van der Waals surface area contributed by atoms with Crippen LogP contribution in [0.2, 0.25) is 0 Å². The van der Waals surface area contributed by atoms with Crippen molar-refractivity contribution in [3.05, 3.63) is 0 Å². The summed E-state index contributed by atoms with van der Waals surface area (Å²) in [6, 6.07) is 0.455. The highest BCUT2D eigenvalue weighted by Gasteiger charge is 2.29. The Hall–Kier alpha value is -0.170. The second-order valence-corrected chi connectivity index (χ2v) is 7.03. The van der Waals surface area contributed by atoms with Crippen molar-refractivity contribution in [1.82, 2.24) is 5.32 Å². The molecule has 2 heterocycles. The summed E-state index contributed by atoms with van der Waals surface area (Å²) in [7, 11) is -3.36. The average molecular weight is 262 g/mol. The molecule has 0 spiro atoms. The van der Waals surface area contributed by atoms with Crippen LogP contribution in [0.3, 0.4) is 0 Å². The number of piperidine rings is 1. The lowest BCUT2D eigenvalue weighted by Gasteiger charge is -2.32. The van der Waals surface area contributed by atoms with Gasteiger partial charge in [-0.2, -0.15) is 0 Å². The minimum atomic E-state index is -3.36. The standard InChI is InChI=1S/C11H22N2O3S/c12-17(14,15)11-2-1-10(13-8-11)7-9-3-5-16-6-4-9/h9-11,13H,1-8H2,(H2,12,14,15). The number of nitrogens with two attached hydrogens (primary N) is 1. The quantitative estimate of drug-likeness (QED) is 0.762. The third kappa shape index (κ3) is 3.91. The van der Waals surface area contributed by atoms with Crippen molar-refractivity contribution in [3.8, 4) is 0 Å². The lowest BCUT2D eigenvalue weighted by molar-refractivity contribution is 0.0595. The maximum atomic E-state index is 11.2. The second kappa shape index (κ2) is 5.65. The van der Waals surface area contributed by atoms with Crippen LogP contribution >= 0.6 is 0 Å². The lowest BCUT2D eigenvalue weighted by atomic mass is 9.89. The summed E-state index contributed by atoms with van der Waals surface area (Å²) < 4.78 is 27.7. The van der Waals surface area contributed by atoms with Crippen LogP contribution in [-0.2, 0) is 14.8 Å². The fraction of sp³-hybridized carbons (Fsp3) is 1.00. The summed E-state index contributed by atoms with van der Waals surface area (Å²) in [5.74, 6) is 0.729. The highest BCUT2D eigenvalue weighted by molar-refractivity contribution is 7.89. The number of rotatable bonds is 3. The maximum absolute atomic E-state index is 11.2. The molecule has 0 bridgehead atoms. The van der Waals surface area contributed by atoms with Gasteiger partial charge in [0, 0.05) is 25.8 Å². The maximum Gasteiger partial charge on any atom is 0.213 e. The molecule has 2 aliphatic rings. The number of sulfonamides is 1. The summed E-state index contributed by atoms with van der Waals surface area (Å²) >= 11 is 0. The van der Waals surface area contributed by atoms with Crippen molar-refractivity contribution >= 4 is 10.0 Å². The van der Waals surface area contributed by atoms with E-state index in [0.717, 1.165) is 44.8 Å². The predicted molar refractivity (Wildman–Crippen MR) is 66.1 cm³/mol. The molecule has 0 aromatic carbocycles. The van der Waals surface area contributed by atoms with E-state index in [1.165, 1.54) is 0 Å². The number of hydrogen-bond donors (Lipinski definition) is 2. The summed E-state index contributed by atoms with van der Waals surface area (Å²) in [6.07, 6.45) is 5.02. The van der Waals surface area contributed by atoms with Gasteiger partial charge < -0.3 is 10.1 Å². The Labute approximate surface area is 103 Å². The highest BCUT2D eigenvalue weighted by atomic mass is 32.2. The van der Waals surface area contributed by atoms with Gasteiger partial charge in [0.15, 0.2) is 0 Å². The molecule has 2 aliphatic heterocycles. The number of primary sulfonamides is 1. The smallest absolute Gasteiger partial charge is 0.213 e. The normalized spacial score (nSPS) is 32.5. The second-order valence-electron chi connectivity index (χ2n) is 5.19. The van der Waals surface area contributed by atoms with Gasteiger partial charge in [-0.05, 0) is 38.0 Å². The first-order chi connectivity index (χ1) is 8.05. The minimum Gasteiger partial charge on any atom is -0.381 e. The zero-order chi connectivity index (χ0) is 12.3. The molecule has 2 fully saturated rings. The zero-order valence-corrected chi connectivity index (χ0v) is 10.9. The molecular formula is C11H22N2O3S. The van der Waals surface area contributed by atoms with Crippen molar-refractivity contribution in [1.29, 1.82) is 0 Å². The first-order valence-corrected chi connectivity index (χ1v) is 7.99. The van der Waals surface area contributed by atoms with Gasteiger partial charge >= 0.3 is 0 Å². The van der Waals surface area contributed by atoms with Gasteiger partial charge in [-0.15, -0.1) is 0 Å². The van der Waals surface area contributed by atoms with E-state index in [-0.39, 0.29) is 0 Å². The van der Waals surface area contributed by atoms with E-state index in [0.29, 0.717) is 19.0 Å². The van der Waals surface area contributed by atoms with Gasteiger partial charge in [-0.25, -0.2) is 13.6 Å². The molecule has 2 atom stereocenters. The van der Waals surface area contributed by atoms with Crippen molar-refractivity contribution in [3.63, 3.8) is 0 Å². The van der Waals surface area contributed by atoms with Gasteiger partial charge in [0.25, 0.3) is 0 Å². The van der Waals surface area contributed by atoms with Crippen LogP contribution in [0.5, 0.6) is 0 Å². The van der Waals surface area contributed by atoms with Gasteiger partial charge in [0.2, 0.25) is 10.0 Å². The molecule has 2 unspecified atom stereocenters. The lowest BCUT2D eigenvalue weighted by Crippen LogP contribution is -2.47. The molecular weight excluding hydrogens is 240 g/mol. The number of hydrogen-bond acceptors (Lipinski definition) is 4. The summed E-state index contributed by atoms with van der Waals surface area (Å²) in [5.41, 5.74) is 0. The van der Waals surface area contributed by atoms with Crippen LogP contribution in [0.25, 0.3) is 0 Å². The van der Waals surface area contributed by atoms with Gasteiger partial charge in [0.1, 0.15) is 0 Å². The van der Waals surface area contributed by atoms with Crippen LogP contribution in [0.1, 0.15) is 32.1 Å². The van der Waals surface area contributed by atoms with E-state index >= 15 is 0 Å². The van der Waals surface area contributed by atoms with Crippen molar-refractivity contribution < 1.29 is 13.2 Å². The van der Waals surface area contributed by atoms with Crippen LogP contribution in [0, 0.1) is 5.92 Å². The Kier molecular flexibility index (Phi) is 4.41. The molecule has 0 amide bonds. The Morgan fingerprint density at radius 3 is 2.41 bits per heavy atom. The van der Waals surface area contributed by atoms with Crippen molar-refractivity contribution in [2.24, 2.45) is 11.1 Å². The molecule has 0 aromatic rings. The molecule has 2 saturated heterocycles. The molecule has 0 radical (unpaired) electrons. The zero-order valence-electron chi connectivity index (χ0n) is 10.1. The van der Waals surface area contributed by atoms with E-state index in [9.17, 15) is 8.42 Å². The largest absolute Gasteiger partial charge is 0.381 e. The molecule has 5 nitrogen and oxygen atoms in total. The summed E-state index contributed by atoms with van der Waals surface area (Å²) in [6.45, 7) is 2.25. The minimum absolute atomic E-state index is 0.395. The third-order valence-electron chi connectivity index (χ3n) is 3.89. The fourth-order valence-electron chi connectivity index (χ4n) is 2.76. The molecule has 6 heteroatoms. The van der Waals surface area contributed by atoms with E-state index in [4.69, 9.17) is 9.88 Å². The number of ether oxygens (including phenoxy) is 1. The Morgan fingerprint density at radius 1 is 1.18 bits per heavy atom. The summed E-state index contributed by atoms with van der Waals surface area (Å²) in [4.78, 5) is 0. The number of nitrogens with one attached hydrogen (secondary N) is 1. The Bertz CT molecular complexity index is 331. The molecule has 100 valence electrons. The van der Waals surface area contributed by atoms with Crippen LogP contribution < -0.4 is 10.5 Å². The Morgan fingerprint density at radius 2 is 1.88 bits per heavy atom. The molecule has 0 aliphatic carbocycles. The molecule has 3 N–H and O–H groups in total. The van der Waals surface area contributed by atoms with Crippen LogP contribution in [0.15, 0.2) is 0 Å². The van der Waals surface area contributed by atoms with Gasteiger partial charge in [-0.1, -0.05) is 0 Å². The first kappa shape index (κ1) is 13.3. The van der Waals surface area contributed by atoms with E-state index in [2.05, 4.69) is 5.32 Å². The molecule has 17 heavy (non-hydrogen) atoms. The van der Waals surface area contributed by atoms with Gasteiger partial charge in [0.05, 0.1) is 5.25 Å². The highest BCUT2D eigenvalue weighted by Crippen LogP contribution is 2.24. The molecule has 0 saturated carbocycles. The first-order valence-electron chi connectivity index (χ1n) is 6.38. The molecule has 0 aromatic heterocycles. The van der Waals surface area contributed by atoms with Gasteiger partial charge in [-0.3, -0.25) is 0 Å². The SMILES string of the molecule is NS(=O)(=O)C1CCC(CC2CCOCC2)NC1. The van der Waals surface area contributed by atoms with Crippen LogP contribution in [0.4, 0.5) is 0 Å². The predicted octanol–water partition coefficient (Wildman–Crippen LogP) is 0.212. The Balaban J connectivity index is 1.75. The average Bonchev–Trinajstić information content (AvgIpc) is 2.30. The topological polar surface area (TPSA) is 81.4 Å². The summed E-state index contributed by atoms with van der Waals surface area (Å²) in [5, 5.41) is 8.08.